The summed E-state index contributed by atoms with van der Waals surface area (Å²) in [5, 5.41) is 13.6. The van der Waals surface area contributed by atoms with E-state index in [0.29, 0.717) is 0 Å². The first-order valence-corrected chi connectivity index (χ1v) is 4.36. The Morgan fingerprint density at radius 3 is 2.33 bits per heavy atom. The van der Waals surface area contributed by atoms with Crippen LogP contribution in [0.4, 0.5) is 0 Å². The molecule has 0 saturated heterocycles. The van der Waals surface area contributed by atoms with Crippen LogP contribution in [0.2, 0.25) is 0 Å². The molecular weight excluding hydrogens is 281 g/mol. The molecule has 1 aliphatic rings. The number of ether oxygens (including phenoxy) is 1. The van der Waals surface area contributed by atoms with Crippen LogP contribution in [0.1, 0.15) is 25.7 Å². The van der Waals surface area contributed by atoms with Crippen LogP contribution in [0.3, 0.4) is 0 Å². The van der Waals surface area contributed by atoms with Gasteiger partial charge in [0.1, 0.15) is 6.79 Å². The summed E-state index contributed by atoms with van der Waals surface area (Å²) in [5.41, 5.74) is 0. The molecule has 8 heteroatoms. The number of hydrogen-bond donors (Lipinski definition) is 1. The SMILES string of the molecule is O=[N+]([O-])O.[NH-]OCOCC1CCCC1.[Y]. The molecule has 87 valence electrons. The molecule has 0 heterocycles. The summed E-state index contributed by atoms with van der Waals surface area (Å²) in [4.78, 5) is 12.4. The van der Waals surface area contributed by atoms with Gasteiger partial charge in [-0.2, -0.15) is 0 Å². The third-order valence-corrected chi connectivity index (χ3v) is 1.97. The minimum absolute atomic E-state index is 0. The fourth-order valence-electron chi connectivity index (χ4n) is 1.43. The molecule has 1 rings (SSSR count). The number of nitrogens with zero attached hydrogens (tertiary/aromatic N) is 1. The first-order valence-electron chi connectivity index (χ1n) is 4.36. The zero-order chi connectivity index (χ0) is 10.8. The molecule has 0 aromatic rings. The predicted molar refractivity (Wildman–Crippen MR) is 47.0 cm³/mol. The van der Waals surface area contributed by atoms with Gasteiger partial charge in [-0.1, -0.05) is 12.8 Å². The van der Waals surface area contributed by atoms with Crippen LogP contribution in [0.25, 0.3) is 5.90 Å². The second-order valence-corrected chi connectivity index (χ2v) is 3.02. The van der Waals surface area contributed by atoms with Crippen LogP contribution in [-0.2, 0) is 42.3 Å². The summed E-state index contributed by atoms with van der Waals surface area (Å²) in [7, 11) is 0. The summed E-state index contributed by atoms with van der Waals surface area (Å²) >= 11 is 0. The van der Waals surface area contributed by atoms with E-state index < -0.39 is 5.09 Å². The smallest absolute Gasteiger partial charge is 0.291 e. The van der Waals surface area contributed by atoms with Gasteiger partial charge in [0.25, 0.3) is 5.09 Å². The molecule has 15 heavy (non-hydrogen) atoms. The van der Waals surface area contributed by atoms with Crippen LogP contribution in [0.5, 0.6) is 0 Å². The van der Waals surface area contributed by atoms with Crippen molar-refractivity contribution in [2.24, 2.45) is 5.92 Å². The first-order chi connectivity index (χ1) is 6.66. The van der Waals surface area contributed by atoms with Crippen LogP contribution in [-0.4, -0.2) is 23.7 Å². The van der Waals surface area contributed by atoms with Gasteiger partial charge in [0.05, 0.1) is 6.61 Å². The van der Waals surface area contributed by atoms with E-state index in [2.05, 4.69) is 4.84 Å². The molecule has 0 atom stereocenters. The van der Waals surface area contributed by atoms with Crippen molar-refractivity contribution in [3.05, 3.63) is 16.0 Å². The molecule has 1 radical (unpaired) electrons. The predicted octanol–water partition coefficient (Wildman–Crippen LogP) is 1.78. The summed E-state index contributed by atoms with van der Waals surface area (Å²) in [6.07, 6.45) is 5.27. The Labute approximate surface area is 113 Å². The van der Waals surface area contributed by atoms with E-state index in [-0.39, 0.29) is 39.5 Å². The molecule has 1 saturated carbocycles. The minimum Gasteiger partial charge on any atom is -0.548 e. The van der Waals surface area contributed by atoms with Gasteiger partial charge in [0.2, 0.25) is 0 Å². The minimum atomic E-state index is -1.50. The third kappa shape index (κ3) is 14.2. The van der Waals surface area contributed by atoms with Gasteiger partial charge in [-0.15, -0.1) is 10.1 Å². The van der Waals surface area contributed by atoms with Gasteiger partial charge in [0, 0.05) is 32.7 Å². The van der Waals surface area contributed by atoms with Crippen LogP contribution < -0.4 is 0 Å². The maximum absolute atomic E-state index is 8.36. The van der Waals surface area contributed by atoms with Crippen molar-refractivity contribution in [2.75, 3.05) is 13.4 Å². The average Bonchev–Trinajstić information content (AvgIpc) is 2.56. The van der Waals surface area contributed by atoms with Gasteiger partial charge >= 0.3 is 0 Å². The van der Waals surface area contributed by atoms with Crippen molar-refractivity contribution in [3.63, 3.8) is 0 Å². The second-order valence-electron chi connectivity index (χ2n) is 3.02. The van der Waals surface area contributed by atoms with Crippen molar-refractivity contribution in [2.45, 2.75) is 25.7 Å². The van der Waals surface area contributed by atoms with E-state index in [9.17, 15) is 0 Å². The summed E-state index contributed by atoms with van der Waals surface area (Å²) in [6, 6.07) is 0. The quantitative estimate of drug-likeness (QED) is 0.368. The molecule has 0 amide bonds. The fraction of sp³-hybridized carbons (Fsp3) is 1.00. The topological polar surface area (TPSA) is 106 Å². The number of rotatable bonds is 4. The molecule has 0 bridgehead atoms. The maximum atomic E-state index is 8.36. The standard InChI is InChI=1S/C7H14NO2.HNO3.Y/c8-10-6-9-5-7-3-1-2-4-7;2-1(3)4;/h7-8H,1-6H2;(H,2,3,4);/q-1;;. The molecule has 0 spiro atoms. The Morgan fingerprint density at radius 2 is 1.93 bits per heavy atom. The van der Waals surface area contributed by atoms with Crippen molar-refractivity contribution in [3.8, 4) is 0 Å². The van der Waals surface area contributed by atoms with E-state index in [4.69, 9.17) is 26.0 Å². The van der Waals surface area contributed by atoms with Gasteiger partial charge in [-0.05, 0) is 18.8 Å². The van der Waals surface area contributed by atoms with Gasteiger partial charge < -0.3 is 20.7 Å². The Morgan fingerprint density at radius 1 is 1.47 bits per heavy atom. The van der Waals surface area contributed by atoms with Crippen LogP contribution >= 0.6 is 0 Å². The Kier molecular flexibility index (Phi) is 14.4. The van der Waals surface area contributed by atoms with E-state index in [1.54, 1.807) is 0 Å². The van der Waals surface area contributed by atoms with Crippen LogP contribution in [0, 0.1) is 16.0 Å². The van der Waals surface area contributed by atoms with Gasteiger partial charge in [-0.3, -0.25) is 0 Å². The molecule has 0 unspecified atom stereocenters. The molecular formula is C7H15N2O5Y-. The molecule has 1 aliphatic carbocycles. The maximum Gasteiger partial charge on any atom is 0.291 e. The van der Waals surface area contributed by atoms with Crippen LogP contribution in [0.15, 0.2) is 0 Å². The second kappa shape index (κ2) is 12.3. The largest absolute Gasteiger partial charge is 0.548 e. The Balaban J connectivity index is 0. The fourth-order valence-corrected chi connectivity index (χ4v) is 1.43. The zero-order valence-corrected chi connectivity index (χ0v) is 11.3. The van der Waals surface area contributed by atoms with E-state index in [1.165, 1.54) is 25.7 Å². The van der Waals surface area contributed by atoms with Gasteiger partial charge in [0.15, 0.2) is 0 Å². The van der Waals surface area contributed by atoms with E-state index >= 15 is 0 Å². The molecule has 2 N–H and O–H groups in total. The third-order valence-electron chi connectivity index (χ3n) is 1.97. The average molecular weight is 296 g/mol. The summed E-state index contributed by atoms with van der Waals surface area (Å²) in [5.74, 6) is 7.08. The molecule has 0 aromatic heterocycles. The molecule has 1 fully saturated rings. The number of nitrogens with one attached hydrogen (secondary N) is 1. The van der Waals surface area contributed by atoms with Crippen molar-refractivity contribution >= 4 is 0 Å². The zero-order valence-electron chi connectivity index (χ0n) is 8.42. The monoisotopic (exact) mass is 296 g/mol. The Bertz CT molecular complexity index is 150. The normalized spacial score (nSPS) is 15.0. The summed E-state index contributed by atoms with van der Waals surface area (Å²) < 4.78 is 5.06. The number of hydrogen-bond acceptors (Lipinski definition) is 4. The van der Waals surface area contributed by atoms with Crippen molar-refractivity contribution in [1.82, 2.24) is 0 Å². The van der Waals surface area contributed by atoms with E-state index in [1.807, 2.05) is 0 Å². The molecule has 7 nitrogen and oxygen atoms in total. The van der Waals surface area contributed by atoms with Crippen molar-refractivity contribution < 1.29 is 52.6 Å². The Hall–Kier alpha value is 0.184. The van der Waals surface area contributed by atoms with Crippen molar-refractivity contribution in [1.29, 1.82) is 0 Å². The first kappa shape index (κ1) is 17.6. The summed E-state index contributed by atoms with van der Waals surface area (Å²) in [6.45, 7) is 0.898. The molecule has 0 aromatic carbocycles. The molecule has 0 aliphatic heterocycles. The van der Waals surface area contributed by atoms with Gasteiger partial charge in [-0.25, -0.2) is 0 Å². The van der Waals surface area contributed by atoms with E-state index in [0.717, 1.165) is 12.5 Å².